The molecule has 150 valence electrons. The van der Waals surface area contributed by atoms with Crippen molar-refractivity contribution >= 4 is 30.1 Å². The fourth-order valence-electron chi connectivity index (χ4n) is 2.98. The van der Waals surface area contributed by atoms with Crippen molar-refractivity contribution in [2.24, 2.45) is 0 Å². The van der Waals surface area contributed by atoms with Gasteiger partial charge in [0.25, 0.3) is 0 Å². The van der Waals surface area contributed by atoms with Crippen LogP contribution in [0.1, 0.15) is 5.82 Å². The summed E-state index contributed by atoms with van der Waals surface area (Å²) in [6, 6.07) is -0.180. The summed E-state index contributed by atoms with van der Waals surface area (Å²) in [5.41, 5.74) is 0.764. The Morgan fingerprint density at radius 1 is 1.37 bits per heavy atom. The van der Waals surface area contributed by atoms with E-state index < -0.39 is 30.5 Å². The molecule has 1 unspecified atom stereocenters. The Balaban J connectivity index is 1.70. The molecule has 1 atom stereocenters. The van der Waals surface area contributed by atoms with Crippen molar-refractivity contribution in [3.8, 4) is 0 Å². The van der Waals surface area contributed by atoms with Crippen LogP contribution in [0.5, 0.6) is 0 Å². The first kappa shape index (κ1) is 20.0. The number of carbonyl (C=O) groups excluding carboxylic acids is 1. The minimum absolute atomic E-state index is 0.270. The highest BCUT2D eigenvalue weighted by Crippen LogP contribution is 2.29. The zero-order chi connectivity index (χ0) is 19.8. The van der Waals surface area contributed by atoms with Gasteiger partial charge in [-0.15, -0.1) is 4.28 Å². The van der Waals surface area contributed by atoms with Crippen LogP contribution in [-0.2, 0) is 26.2 Å². The number of fused-ring (bicyclic) bond motifs is 2. The zero-order valence-corrected chi connectivity index (χ0v) is 17.3. The number of aromatic nitrogens is 2. The van der Waals surface area contributed by atoms with E-state index in [1.165, 1.54) is 4.90 Å². The molecule has 1 saturated heterocycles. The summed E-state index contributed by atoms with van der Waals surface area (Å²) in [5.74, 6) is 0.652. The number of imidazole rings is 1. The number of rotatable bonds is 8. The fraction of sp³-hybridized carbons (Fsp3) is 0.600. The standard InChI is InChI=1S/C15H24N4O6SSi/c1-27(2,3)7-6-24-11-17-5-4-16-14(17)12-8-13-10-18(9-12)15(20)19(13)25-26(21,22)23/h4-5,8,13H,6-7,9-11H2,1-3H3,(H,21,22,23). The Morgan fingerprint density at radius 2 is 2.11 bits per heavy atom. The maximum Gasteiger partial charge on any atom is 0.418 e. The summed E-state index contributed by atoms with van der Waals surface area (Å²) in [4.78, 5) is 18.0. The molecule has 0 aromatic carbocycles. The molecule has 1 aromatic rings. The first-order chi connectivity index (χ1) is 12.5. The lowest BCUT2D eigenvalue weighted by atomic mass is 10.1. The third-order valence-corrected chi connectivity index (χ3v) is 6.38. The average Bonchev–Trinajstić information content (AvgIpc) is 3.09. The number of hydrogen-bond donors (Lipinski definition) is 1. The molecular weight excluding hydrogens is 392 g/mol. The van der Waals surface area contributed by atoms with Crippen LogP contribution >= 0.6 is 0 Å². The van der Waals surface area contributed by atoms with Gasteiger partial charge >= 0.3 is 16.4 Å². The van der Waals surface area contributed by atoms with E-state index >= 15 is 0 Å². The van der Waals surface area contributed by atoms with E-state index in [-0.39, 0.29) is 13.1 Å². The summed E-state index contributed by atoms with van der Waals surface area (Å²) in [6.45, 7) is 8.43. The van der Waals surface area contributed by atoms with Gasteiger partial charge in [-0.2, -0.15) is 13.5 Å². The summed E-state index contributed by atoms with van der Waals surface area (Å²) >= 11 is 0. The highest BCUT2D eigenvalue weighted by molar-refractivity contribution is 7.80. The third-order valence-electron chi connectivity index (χ3n) is 4.33. The topological polar surface area (TPSA) is 114 Å². The maximum absolute atomic E-state index is 12.2. The van der Waals surface area contributed by atoms with Gasteiger partial charge in [0.05, 0.1) is 12.6 Å². The molecule has 1 N–H and O–H groups in total. The van der Waals surface area contributed by atoms with E-state index in [1.54, 1.807) is 18.5 Å². The molecule has 0 aliphatic carbocycles. The van der Waals surface area contributed by atoms with Gasteiger partial charge < -0.3 is 14.2 Å². The molecule has 1 aromatic heterocycles. The second-order valence-corrected chi connectivity index (χ2v) is 14.4. The normalized spacial score (nSPS) is 20.4. The molecule has 1 fully saturated rings. The van der Waals surface area contributed by atoms with Crippen molar-refractivity contribution in [2.45, 2.75) is 38.5 Å². The number of ether oxygens (including phenoxy) is 1. The molecule has 10 nitrogen and oxygen atoms in total. The number of carbonyl (C=O) groups is 1. The molecule has 3 heterocycles. The average molecular weight is 417 g/mol. The van der Waals surface area contributed by atoms with Gasteiger partial charge in [-0.1, -0.05) is 19.6 Å². The van der Waals surface area contributed by atoms with Crippen LogP contribution in [0.4, 0.5) is 4.79 Å². The molecular formula is C15H24N4O6SSi. The summed E-state index contributed by atoms with van der Waals surface area (Å²) < 4.78 is 42.8. The van der Waals surface area contributed by atoms with Gasteiger partial charge in [-0.05, 0) is 12.1 Å². The van der Waals surface area contributed by atoms with Crippen LogP contribution in [0, 0.1) is 0 Å². The highest BCUT2D eigenvalue weighted by Gasteiger charge is 2.43. The Bertz CT molecular complexity index is 847. The van der Waals surface area contributed by atoms with E-state index in [1.807, 2.05) is 4.57 Å². The maximum atomic E-state index is 12.2. The number of urea groups is 1. The molecule has 2 aliphatic heterocycles. The molecule has 2 aliphatic rings. The molecule has 3 rings (SSSR count). The van der Waals surface area contributed by atoms with E-state index in [9.17, 15) is 13.2 Å². The lowest BCUT2D eigenvalue weighted by Gasteiger charge is -2.21. The SMILES string of the molecule is C[Si](C)(C)CCOCn1ccnc1C1=CC2CN(C1)C(=O)N2OS(=O)(=O)O. The second kappa shape index (κ2) is 7.35. The molecule has 0 saturated carbocycles. The Labute approximate surface area is 159 Å². The van der Waals surface area contributed by atoms with Crippen LogP contribution in [0.2, 0.25) is 25.7 Å². The van der Waals surface area contributed by atoms with Crippen molar-refractivity contribution in [2.75, 3.05) is 19.7 Å². The quantitative estimate of drug-likeness (QED) is 0.387. The minimum Gasteiger partial charge on any atom is -0.361 e. The molecule has 27 heavy (non-hydrogen) atoms. The fourth-order valence-corrected chi connectivity index (χ4v) is 4.11. The zero-order valence-electron chi connectivity index (χ0n) is 15.5. The van der Waals surface area contributed by atoms with Crippen molar-refractivity contribution in [3.05, 3.63) is 24.3 Å². The van der Waals surface area contributed by atoms with E-state index in [0.717, 1.165) is 11.6 Å². The summed E-state index contributed by atoms with van der Waals surface area (Å²) in [7, 11) is -5.94. The predicted octanol–water partition coefficient (Wildman–Crippen LogP) is 1.43. The molecule has 2 amide bonds. The second-order valence-electron chi connectivity index (χ2n) is 7.82. The molecule has 0 radical (unpaired) electrons. The third kappa shape index (κ3) is 4.96. The lowest BCUT2D eigenvalue weighted by Crippen LogP contribution is -2.35. The Hall–Kier alpha value is -1.73. The molecule has 12 heteroatoms. The number of nitrogens with zero attached hydrogens (tertiary/aromatic N) is 4. The first-order valence-corrected chi connectivity index (χ1v) is 13.7. The number of hydrogen-bond acceptors (Lipinski definition) is 6. The first-order valence-electron chi connectivity index (χ1n) is 8.59. The van der Waals surface area contributed by atoms with Gasteiger partial charge in [0, 0.05) is 39.2 Å². The predicted molar refractivity (Wildman–Crippen MR) is 99.5 cm³/mol. The van der Waals surface area contributed by atoms with Gasteiger partial charge in [0.15, 0.2) is 0 Å². The van der Waals surface area contributed by atoms with Crippen molar-refractivity contribution in [3.63, 3.8) is 0 Å². The van der Waals surface area contributed by atoms with Crippen molar-refractivity contribution < 1.29 is 26.8 Å². The Kier molecular flexibility index (Phi) is 5.45. The van der Waals surface area contributed by atoms with Gasteiger partial charge in [0.2, 0.25) is 0 Å². The largest absolute Gasteiger partial charge is 0.418 e. The number of amides is 2. The van der Waals surface area contributed by atoms with Crippen LogP contribution in [0.15, 0.2) is 18.5 Å². The van der Waals surface area contributed by atoms with Crippen LogP contribution in [0.25, 0.3) is 5.57 Å². The van der Waals surface area contributed by atoms with Crippen LogP contribution in [0.3, 0.4) is 0 Å². The van der Waals surface area contributed by atoms with Gasteiger partial charge in [0.1, 0.15) is 12.6 Å². The van der Waals surface area contributed by atoms with Crippen LogP contribution in [-0.4, -0.2) is 72.3 Å². The molecule has 2 bridgehead atoms. The van der Waals surface area contributed by atoms with Gasteiger partial charge in [-0.3, -0.25) is 4.55 Å². The smallest absolute Gasteiger partial charge is 0.361 e. The molecule has 0 spiro atoms. The lowest BCUT2D eigenvalue weighted by molar-refractivity contribution is -0.0183. The monoisotopic (exact) mass is 416 g/mol. The summed E-state index contributed by atoms with van der Waals surface area (Å²) in [5, 5.41) is 0.667. The minimum atomic E-state index is -4.77. The van der Waals surface area contributed by atoms with E-state index in [4.69, 9.17) is 9.29 Å². The summed E-state index contributed by atoms with van der Waals surface area (Å²) in [6.07, 6.45) is 5.18. The highest BCUT2D eigenvalue weighted by atomic mass is 32.3. The van der Waals surface area contributed by atoms with Crippen molar-refractivity contribution in [1.82, 2.24) is 19.5 Å². The van der Waals surface area contributed by atoms with Crippen molar-refractivity contribution in [1.29, 1.82) is 0 Å². The van der Waals surface area contributed by atoms with Crippen LogP contribution < -0.4 is 0 Å². The number of hydroxylamine groups is 2. The van der Waals surface area contributed by atoms with E-state index in [0.29, 0.717) is 24.2 Å². The van der Waals surface area contributed by atoms with E-state index in [2.05, 4.69) is 28.9 Å². The van der Waals surface area contributed by atoms with Gasteiger partial charge in [-0.25, -0.2) is 9.78 Å². The Morgan fingerprint density at radius 3 is 2.78 bits per heavy atom.